The second-order valence-corrected chi connectivity index (χ2v) is 6.74. The van der Waals surface area contributed by atoms with E-state index in [-0.39, 0.29) is 12.4 Å². The molecule has 0 aliphatic carbocycles. The van der Waals surface area contributed by atoms with Gasteiger partial charge in [0, 0.05) is 17.6 Å². The third-order valence-electron chi connectivity index (χ3n) is 4.00. The summed E-state index contributed by atoms with van der Waals surface area (Å²) in [5.41, 5.74) is -0.493. The minimum Gasteiger partial charge on any atom is -0.382 e. The van der Waals surface area contributed by atoms with Crippen LogP contribution in [0.2, 0.25) is 0 Å². The van der Waals surface area contributed by atoms with E-state index in [0.29, 0.717) is 12.2 Å². The van der Waals surface area contributed by atoms with Crippen molar-refractivity contribution in [3.8, 4) is 0 Å². The zero-order valence-corrected chi connectivity index (χ0v) is 15.6. The molecule has 1 N–H and O–H groups in total. The first-order chi connectivity index (χ1) is 12.0. The fourth-order valence-corrected chi connectivity index (χ4v) is 3.02. The zero-order chi connectivity index (χ0) is 18.3. The molecule has 0 fully saturated rings. The fourth-order valence-electron chi connectivity index (χ4n) is 2.61. The van der Waals surface area contributed by atoms with Crippen molar-refractivity contribution in [1.29, 1.82) is 0 Å². The number of ether oxygens (including phenoxy) is 2. The van der Waals surface area contributed by atoms with E-state index >= 15 is 0 Å². The van der Waals surface area contributed by atoms with E-state index in [4.69, 9.17) is 9.47 Å². The first kappa shape index (κ1) is 19.7. The molecule has 2 unspecified atom stereocenters. The van der Waals surface area contributed by atoms with Gasteiger partial charge in [-0.15, -0.1) is 11.8 Å². The molecule has 0 saturated carbocycles. The molecule has 5 heteroatoms. The van der Waals surface area contributed by atoms with Crippen LogP contribution in [0.15, 0.2) is 59.5 Å². The van der Waals surface area contributed by atoms with Crippen molar-refractivity contribution < 1.29 is 19.4 Å². The van der Waals surface area contributed by atoms with Crippen molar-refractivity contribution in [3.05, 3.63) is 65.7 Å². The number of thioether (sulfide) groups is 1. The number of ketones is 1. The van der Waals surface area contributed by atoms with Gasteiger partial charge >= 0.3 is 0 Å². The Balaban J connectivity index is 2.30. The van der Waals surface area contributed by atoms with Crippen LogP contribution in [0.5, 0.6) is 0 Å². The lowest BCUT2D eigenvalue weighted by Crippen LogP contribution is -2.43. The van der Waals surface area contributed by atoms with Gasteiger partial charge in [-0.25, -0.2) is 0 Å². The van der Waals surface area contributed by atoms with E-state index in [2.05, 4.69) is 0 Å². The maximum atomic E-state index is 12.9. The summed E-state index contributed by atoms with van der Waals surface area (Å²) in [6, 6.07) is 16.5. The highest BCUT2D eigenvalue weighted by molar-refractivity contribution is 7.98. The summed E-state index contributed by atoms with van der Waals surface area (Å²) in [5.74, 6) is -0.369. The van der Waals surface area contributed by atoms with Gasteiger partial charge in [0.25, 0.3) is 0 Å². The second kappa shape index (κ2) is 9.15. The number of hydrogen-bond acceptors (Lipinski definition) is 5. The van der Waals surface area contributed by atoms with Crippen LogP contribution in [0.4, 0.5) is 0 Å². The topological polar surface area (TPSA) is 55.8 Å². The van der Waals surface area contributed by atoms with Gasteiger partial charge in [-0.2, -0.15) is 0 Å². The molecule has 0 saturated heterocycles. The Kier molecular flexibility index (Phi) is 7.20. The van der Waals surface area contributed by atoms with Crippen molar-refractivity contribution in [2.75, 3.05) is 26.6 Å². The van der Waals surface area contributed by atoms with Gasteiger partial charge in [-0.1, -0.05) is 42.5 Å². The number of rotatable bonds is 9. The van der Waals surface area contributed by atoms with Gasteiger partial charge in [-0.05, 0) is 30.9 Å². The number of aliphatic hydroxyl groups is 1. The summed E-state index contributed by atoms with van der Waals surface area (Å²) < 4.78 is 10.8. The van der Waals surface area contributed by atoms with Crippen molar-refractivity contribution in [2.24, 2.45) is 0 Å². The largest absolute Gasteiger partial charge is 0.382 e. The number of hydrogen-bond donors (Lipinski definition) is 1. The second-order valence-electron chi connectivity index (χ2n) is 5.86. The predicted octanol–water partition coefficient (Wildman–Crippen LogP) is 3.75. The molecule has 4 nitrogen and oxygen atoms in total. The van der Waals surface area contributed by atoms with Crippen molar-refractivity contribution in [2.45, 2.75) is 23.5 Å². The molecular weight excluding hydrogens is 336 g/mol. The standard InChI is InChI=1S/C20H24O4S/c1-20(22,18(21)15-9-11-17(25-3)12-10-15)19(24-14-13-23-2)16-7-5-4-6-8-16/h4-12,19,22H,13-14H2,1-3H3. The van der Waals surface area contributed by atoms with Gasteiger partial charge in [0.1, 0.15) is 6.10 Å². The third-order valence-corrected chi connectivity index (χ3v) is 4.74. The lowest BCUT2D eigenvalue weighted by molar-refractivity contribution is -0.0881. The normalized spacial score (nSPS) is 14.7. The summed E-state index contributed by atoms with van der Waals surface area (Å²) in [4.78, 5) is 14.0. The molecule has 0 spiro atoms. The average molecular weight is 360 g/mol. The van der Waals surface area contributed by atoms with Crippen molar-refractivity contribution in [3.63, 3.8) is 0 Å². The number of Topliss-reactive ketones (excluding diaryl/α,β-unsaturated/α-hetero) is 1. The zero-order valence-electron chi connectivity index (χ0n) is 14.8. The smallest absolute Gasteiger partial charge is 0.197 e. The van der Waals surface area contributed by atoms with Crippen LogP contribution < -0.4 is 0 Å². The molecule has 2 aromatic carbocycles. The summed E-state index contributed by atoms with van der Waals surface area (Å²) in [5, 5.41) is 11.1. The molecule has 0 aliphatic heterocycles. The Bertz CT molecular complexity index is 668. The average Bonchev–Trinajstić information content (AvgIpc) is 2.65. The molecule has 25 heavy (non-hydrogen) atoms. The maximum absolute atomic E-state index is 12.9. The summed E-state index contributed by atoms with van der Waals surface area (Å²) in [6.07, 6.45) is 1.19. The Morgan fingerprint density at radius 2 is 1.76 bits per heavy atom. The van der Waals surface area contributed by atoms with Gasteiger partial charge in [-0.3, -0.25) is 4.79 Å². The summed E-state index contributed by atoms with van der Waals surface area (Å²) in [7, 11) is 1.58. The van der Waals surface area contributed by atoms with E-state index in [1.807, 2.05) is 48.7 Å². The van der Waals surface area contributed by atoms with Gasteiger partial charge in [0.05, 0.1) is 13.2 Å². The molecule has 0 aliphatic rings. The maximum Gasteiger partial charge on any atom is 0.197 e. The number of carbonyl (C=O) groups is 1. The number of methoxy groups -OCH3 is 1. The highest BCUT2D eigenvalue weighted by Gasteiger charge is 2.41. The molecule has 0 amide bonds. The van der Waals surface area contributed by atoms with Crippen molar-refractivity contribution in [1.82, 2.24) is 0 Å². The van der Waals surface area contributed by atoms with Gasteiger partial charge in [0.2, 0.25) is 0 Å². The van der Waals surface area contributed by atoms with Crippen LogP contribution in [-0.2, 0) is 9.47 Å². The highest BCUT2D eigenvalue weighted by Crippen LogP contribution is 2.33. The van der Waals surface area contributed by atoms with Crippen LogP contribution in [-0.4, -0.2) is 43.1 Å². The molecule has 2 aromatic rings. The van der Waals surface area contributed by atoms with E-state index in [9.17, 15) is 9.90 Å². The minimum atomic E-state index is -1.70. The van der Waals surface area contributed by atoms with Crippen LogP contribution in [0.1, 0.15) is 28.9 Å². The fraction of sp³-hybridized carbons (Fsp3) is 0.350. The number of benzene rings is 2. The van der Waals surface area contributed by atoms with E-state index in [0.717, 1.165) is 10.5 Å². The quantitative estimate of drug-likeness (QED) is 0.419. The Hall–Kier alpha value is -1.66. The van der Waals surface area contributed by atoms with Crippen molar-refractivity contribution >= 4 is 17.5 Å². The molecule has 0 aromatic heterocycles. The predicted molar refractivity (Wildman–Crippen MR) is 100 cm³/mol. The lowest BCUT2D eigenvalue weighted by atomic mass is 9.85. The SMILES string of the molecule is COCCOC(c1ccccc1)C(C)(O)C(=O)c1ccc(SC)cc1. The first-order valence-corrected chi connectivity index (χ1v) is 9.30. The summed E-state index contributed by atoms with van der Waals surface area (Å²) in [6.45, 7) is 2.17. The molecule has 2 rings (SSSR count). The highest BCUT2D eigenvalue weighted by atomic mass is 32.2. The Morgan fingerprint density at radius 3 is 2.32 bits per heavy atom. The molecule has 2 atom stereocenters. The molecular formula is C20H24O4S. The van der Waals surface area contributed by atoms with Crippen LogP contribution in [0.25, 0.3) is 0 Å². The monoisotopic (exact) mass is 360 g/mol. The van der Waals surface area contributed by atoms with E-state index in [1.54, 1.807) is 31.0 Å². The Morgan fingerprint density at radius 1 is 1.12 bits per heavy atom. The molecule has 134 valence electrons. The van der Waals surface area contributed by atoms with Gasteiger partial charge < -0.3 is 14.6 Å². The number of carbonyl (C=O) groups excluding carboxylic acids is 1. The van der Waals surface area contributed by atoms with E-state index in [1.165, 1.54) is 6.92 Å². The summed E-state index contributed by atoms with van der Waals surface area (Å²) >= 11 is 1.60. The van der Waals surface area contributed by atoms with E-state index < -0.39 is 11.7 Å². The van der Waals surface area contributed by atoms with Crippen LogP contribution >= 0.6 is 11.8 Å². The van der Waals surface area contributed by atoms with Gasteiger partial charge in [0.15, 0.2) is 11.4 Å². The Labute approximate surface area is 153 Å². The first-order valence-electron chi connectivity index (χ1n) is 8.07. The molecule has 0 heterocycles. The van der Waals surface area contributed by atoms with Crippen LogP contribution in [0, 0.1) is 0 Å². The van der Waals surface area contributed by atoms with Crippen LogP contribution in [0.3, 0.4) is 0 Å². The lowest BCUT2D eigenvalue weighted by Gasteiger charge is -2.32. The molecule has 0 bridgehead atoms. The minimum absolute atomic E-state index is 0.283. The molecule has 0 radical (unpaired) electrons. The third kappa shape index (κ3) is 4.92.